The molecule has 0 aromatic heterocycles. The molecule has 0 aliphatic rings. The number of aromatic hydroxyl groups is 2. The first-order valence-corrected chi connectivity index (χ1v) is 8.20. The molecular formula is C19H12F6N2O4. The molecule has 0 aliphatic carbocycles. The fraction of sp³-hybridized carbons (Fsp3) is 0.0526. The van der Waals surface area contributed by atoms with Gasteiger partial charge >= 0.3 is 6.18 Å². The van der Waals surface area contributed by atoms with E-state index in [2.05, 4.69) is 0 Å². The van der Waals surface area contributed by atoms with Crippen molar-refractivity contribution in [3.63, 3.8) is 0 Å². The van der Waals surface area contributed by atoms with E-state index >= 15 is 0 Å². The van der Waals surface area contributed by atoms with E-state index < -0.39 is 63.7 Å². The second kappa shape index (κ2) is 7.70. The van der Waals surface area contributed by atoms with Gasteiger partial charge in [0.05, 0.1) is 11.4 Å². The standard InChI is InChI=1S/C19H12F6N2O4/c20-14-13(19(23,24)25)17(30-7-1-3-9(26)11(28)5-7)16(22)18(15(14)21)31-8-2-4-10(27)12(29)6-8/h1-6,28-29H,26-27H2. The van der Waals surface area contributed by atoms with Gasteiger partial charge in [-0.15, -0.1) is 0 Å². The summed E-state index contributed by atoms with van der Waals surface area (Å²) in [5, 5.41) is 19.1. The first-order chi connectivity index (χ1) is 14.4. The van der Waals surface area contributed by atoms with Crippen LogP contribution >= 0.6 is 0 Å². The van der Waals surface area contributed by atoms with E-state index in [-0.39, 0.29) is 11.4 Å². The lowest BCUT2D eigenvalue weighted by atomic mass is 10.1. The molecule has 31 heavy (non-hydrogen) atoms. The second-order valence-electron chi connectivity index (χ2n) is 6.12. The predicted octanol–water partition coefficient (Wildman–Crippen LogP) is 5.28. The normalized spacial score (nSPS) is 11.4. The van der Waals surface area contributed by atoms with Crippen LogP contribution in [0.4, 0.5) is 37.7 Å². The monoisotopic (exact) mass is 446 g/mol. The molecule has 3 aromatic carbocycles. The summed E-state index contributed by atoms with van der Waals surface area (Å²) in [5.74, 6) is -12.3. The fourth-order valence-electron chi connectivity index (χ4n) is 2.47. The van der Waals surface area contributed by atoms with Crippen molar-refractivity contribution < 1.29 is 46.0 Å². The number of nitrogens with two attached hydrogens (primary N) is 2. The average molecular weight is 446 g/mol. The zero-order chi connectivity index (χ0) is 23.1. The predicted molar refractivity (Wildman–Crippen MR) is 96.5 cm³/mol. The molecule has 0 amide bonds. The topological polar surface area (TPSA) is 111 Å². The number of halogens is 6. The van der Waals surface area contributed by atoms with Crippen LogP contribution in [-0.2, 0) is 6.18 Å². The molecule has 3 aromatic rings. The molecule has 6 N–H and O–H groups in total. The Morgan fingerprint density at radius 2 is 1.13 bits per heavy atom. The van der Waals surface area contributed by atoms with Crippen LogP contribution in [-0.4, -0.2) is 10.2 Å². The maximum atomic E-state index is 14.9. The molecule has 164 valence electrons. The molecule has 0 aliphatic heterocycles. The highest BCUT2D eigenvalue weighted by Crippen LogP contribution is 2.47. The summed E-state index contributed by atoms with van der Waals surface area (Å²) in [6, 6.07) is 5.66. The molecule has 0 bridgehead atoms. The Morgan fingerprint density at radius 3 is 1.55 bits per heavy atom. The van der Waals surface area contributed by atoms with E-state index in [1.54, 1.807) is 0 Å². The summed E-state index contributed by atoms with van der Waals surface area (Å²) in [5.41, 5.74) is 8.09. The Morgan fingerprint density at radius 1 is 0.677 bits per heavy atom. The average Bonchev–Trinajstić information content (AvgIpc) is 2.68. The maximum absolute atomic E-state index is 14.9. The summed E-state index contributed by atoms with van der Waals surface area (Å²) in [4.78, 5) is 0. The fourth-order valence-corrected chi connectivity index (χ4v) is 2.47. The van der Waals surface area contributed by atoms with Crippen LogP contribution in [0.2, 0.25) is 0 Å². The molecule has 0 unspecified atom stereocenters. The Balaban J connectivity index is 2.18. The lowest BCUT2D eigenvalue weighted by Crippen LogP contribution is -2.14. The van der Waals surface area contributed by atoms with Gasteiger partial charge in [-0.1, -0.05) is 0 Å². The van der Waals surface area contributed by atoms with Gasteiger partial charge in [-0.3, -0.25) is 0 Å². The van der Waals surface area contributed by atoms with E-state index in [0.29, 0.717) is 0 Å². The van der Waals surface area contributed by atoms with Crippen LogP contribution in [0.25, 0.3) is 0 Å². The molecular weight excluding hydrogens is 434 g/mol. The third-order valence-electron chi connectivity index (χ3n) is 3.96. The van der Waals surface area contributed by atoms with Crippen LogP contribution < -0.4 is 20.9 Å². The number of alkyl halides is 3. The van der Waals surface area contributed by atoms with E-state index in [4.69, 9.17) is 20.9 Å². The SMILES string of the molecule is Nc1ccc(Oc2c(F)c(F)c(C(F)(F)F)c(Oc3ccc(N)c(O)c3)c2F)cc1O. The van der Waals surface area contributed by atoms with Crippen LogP contribution in [0.3, 0.4) is 0 Å². The van der Waals surface area contributed by atoms with E-state index in [1.807, 2.05) is 0 Å². The van der Waals surface area contributed by atoms with Crippen molar-refractivity contribution in [1.29, 1.82) is 0 Å². The molecule has 0 radical (unpaired) electrons. The highest BCUT2D eigenvalue weighted by atomic mass is 19.4. The zero-order valence-electron chi connectivity index (χ0n) is 15.1. The van der Waals surface area contributed by atoms with Crippen molar-refractivity contribution in [3.8, 4) is 34.5 Å². The summed E-state index contributed by atoms with van der Waals surface area (Å²) in [7, 11) is 0. The molecule has 0 fully saturated rings. The Bertz CT molecular complexity index is 1170. The first-order valence-electron chi connectivity index (χ1n) is 8.20. The van der Waals surface area contributed by atoms with Gasteiger partial charge in [0, 0.05) is 12.1 Å². The van der Waals surface area contributed by atoms with Crippen LogP contribution in [0.15, 0.2) is 36.4 Å². The summed E-state index contributed by atoms with van der Waals surface area (Å²) < 4.78 is 93.2. The summed E-state index contributed by atoms with van der Waals surface area (Å²) in [6.07, 6.45) is -5.56. The van der Waals surface area contributed by atoms with E-state index in [1.165, 1.54) is 0 Å². The minimum Gasteiger partial charge on any atom is -0.506 e. The van der Waals surface area contributed by atoms with Gasteiger partial charge in [0.15, 0.2) is 11.6 Å². The van der Waals surface area contributed by atoms with Gasteiger partial charge in [0.2, 0.25) is 17.4 Å². The van der Waals surface area contributed by atoms with Crippen molar-refractivity contribution in [1.82, 2.24) is 0 Å². The number of hydrogen-bond donors (Lipinski definition) is 4. The van der Waals surface area contributed by atoms with Gasteiger partial charge in [0.25, 0.3) is 0 Å². The molecule has 0 saturated heterocycles. The smallest absolute Gasteiger partial charge is 0.423 e. The molecule has 0 saturated carbocycles. The minimum atomic E-state index is -5.56. The number of phenolic OH excluding ortho intramolecular Hbond substituents is 2. The van der Waals surface area contributed by atoms with Crippen molar-refractivity contribution in [3.05, 3.63) is 59.4 Å². The lowest BCUT2D eigenvalue weighted by molar-refractivity contribution is -0.141. The van der Waals surface area contributed by atoms with Gasteiger partial charge < -0.3 is 31.2 Å². The quantitative estimate of drug-likeness (QED) is 0.188. The number of phenols is 2. The van der Waals surface area contributed by atoms with Crippen LogP contribution in [0, 0.1) is 17.5 Å². The number of anilines is 2. The number of benzene rings is 3. The van der Waals surface area contributed by atoms with Crippen LogP contribution in [0.1, 0.15) is 5.56 Å². The Kier molecular flexibility index (Phi) is 5.40. The van der Waals surface area contributed by atoms with Crippen molar-refractivity contribution in [2.45, 2.75) is 6.18 Å². The molecule has 0 heterocycles. The highest BCUT2D eigenvalue weighted by Gasteiger charge is 2.43. The number of rotatable bonds is 4. The highest BCUT2D eigenvalue weighted by molar-refractivity contribution is 5.57. The number of nitrogen functional groups attached to an aromatic ring is 2. The largest absolute Gasteiger partial charge is 0.506 e. The van der Waals surface area contributed by atoms with E-state index in [9.17, 15) is 36.6 Å². The van der Waals surface area contributed by atoms with Crippen LogP contribution in [0.5, 0.6) is 34.5 Å². The Hall–Kier alpha value is -3.96. The van der Waals surface area contributed by atoms with Gasteiger partial charge in [-0.05, 0) is 24.3 Å². The number of hydrogen-bond acceptors (Lipinski definition) is 6. The molecule has 0 atom stereocenters. The lowest BCUT2D eigenvalue weighted by Gasteiger charge is -2.19. The summed E-state index contributed by atoms with van der Waals surface area (Å²) in [6.45, 7) is 0. The van der Waals surface area contributed by atoms with Gasteiger partial charge in [-0.2, -0.15) is 22.0 Å². The second-order valence-corrected chi connectivity index (χ2v) is 6.12. The Labute approximate surface area is 169 Å². The maximum Gasteiger partial charge on any atom is 0.423 e. The van der Waals surface area contributed by atoms with Crippen molar-refractivity contribution in [2.75, 3.05) is 11.5 Å². The third-order valence-corrected chi connectivity index (χ3v) is 3.96. The molecule has 3 rings (SSSR count). The van der Waals surface area contributed by atoms with E-state index in [0.717, 1.165) is 36.4 Å². The minimum absolute atomic E-state index is 0.126. The van der Waals surface area contributed by atoms with Crippen molar-refractivity contribution >= 4 is 11.4 Å². The number of ether oxygens (including phenoxy) is 2. The zero-order valence-corrected chi connectivity index (χ0v) is 15.1. The van der Waals surface area contributed by atoms with Crippen molar-refractivity contribution in [2.24, 2.45) is 0 Å². The van der Waals surface area contributed by atoms with Gasteiger partial charge in [0.1, 0.15) is 28.6 Å². The molecule has 12 heteroatoms. The third kappa shape index (κ3) is 4.17. The molecule has 6 nitrogen and oxygen atoms in total. The molecule has 0 spiro atoms. The van der Waals surface area contributed by atoms with Gasteiger partial charge in [-0.25, -0.2) is 4.39 Å². The first kappa shape index (κ1) is 21.7. The summed E-state index contributed by atoms with van der Waals surface area (Å²) >= 11 is 0.